The maximum Gasteiger partial charge on any atom is 0.180 e. The summed E-state index contributed by atoms with van der Waals surface area (Å²) in [7, 11) is 0. The van der Waals surface area contributed by atoms with Crippen molar-refractivity contribution >= 4 is 70.9 Å². The van der Waals surface area contributed by atoms with Crippen LogP contribution in [-0.4, -0.2) is 14.7 Å². The van der Waals surface area contributed by atoms with Crippen LogP contribution in [0.5, 0.6) is 0 Å². The third-order valence-electron chi connectivity index (χ3n) is 10.9. The number of thiophene rings is 1. The highest BCUT2D eigenvalue weighted by molar-refractivity contribution is 8.01. The number of aromatic nitrogens is 2. The Hall–Kier alpha value is -5.75. The summed E-state index contributed by atoms with van der Waals surface area (Å²) in [6.45, 7) is 2.38. The Morgan fingerprint density at radius 3 is 2.42 bits per heavy atom. The summed E-state index contributed by atoms with van der Waals surface area (Å²) in [5.41, 5.74) is 12.9. The molecule has 2 aliphatic rings. The quantitative estimate of drug-likeness (QED) is 0.183. The molecule has 0 saturated carbocycles. The Bertz CT molecular complexity index is 2990. The highest BCUT2D eigenvalue weighted by Gasteiger charge is 2.45. The Kier molecular flexibility index (Phi) is 6.55. The fraction of sp³-hybridized carbons (Fsp3) is 0.0638. The normalized spacial score (nSPS) is 17.9. The van der Waals surface area contributed by atoms with Crippen molar-refractivity contribution in [2.75, 3.05) is 0 Å². The van der Waals surface area contributed by atoms with Gasteiger partial charge in [0.05, 0.1) is 4.75 Å². The maximum atomic E-state index is 6.56. The van der Waals surface area contributed by atoms with Crippen molar-refractivity contribution in [1.29, 1.82) is 0 Å². The molecule has 6 aromatic carbocycles. The number of fused-ring (bicyclic) bond motifs is 9. The van der Waals surface area contributed by atoms with Crippen molar-refractivity contribution in [2.24, 2.45) is 0 Å². The largest absolute Gasteiger partial charge is 0.452 e. The van der Waals surface area contributed by atoms with Gasteiger partial charge in [-0.2, -0.15) is 0 Å². The van der Waals surface area contributed by atoms with Crippen molar-refractivity contribution in [3.8, 4) is 33.5 Å². The lowest BCUT2D eigenvalue weighted by Crippen LogP contribution is -2.28. The van der Waals surface area contributed by atoms with Crippen LogP contribution >= 0.6 is 23.1 Å². The molecule has 0 fully saturated rings. The van der Waals surface area contributed by atoms with Gasteiger partial charge in [0.15, 0.2) is 5.58 Å². The second-order valence-electron chi connectivity index (χ2n) is 13.8. The average molecular weight is 703 g/mol. The summed E-state index contributed by atoms with van der Waals surface area (Å²) >= 11 is 3.83. The molecule has 9 aromatic rings. The third-order valence-corrected chi connectivity index (χ3v) is 13.6. The van der Waals surface area contributed by atoms with E-state index >= 15 is 0 Å². The molecule has 246 valence electrons. The highest BCUT2D eigenvalue weighted by atomic mass is 32.2. The molecule has 0 spiro atoms. The number of hydrogen-bond donors (Lipinski definition) is 0. The molecular weight excluding hydrogens is 673 g/mol. The van der Waals surface area contributed by atoms with Gasteiger partial charge < -0.3 is 4.42 Å². The number of allylic oxidation sites excluding steroid dienone is 3. The number of hydrogen-bond acceptors (Lipinski definition) is 5. The summed E-state index contributed by atoms with van der Waals surface area (Å²) < 4.78 is 9.12. The Balaban J connectivity index is 0.972. The van der Waals surface area contributed by atoms with Gasteiger partial charge in [0.25, 0.3) is 0 Å². The van der Waals surface area contributed by atoms with Gasteiger partial charge in [-0.15, -0.1) is 23.1 Å². The first-order valence-corrected chi connectivity index (χ1v) is 19.2. The molecule has 1 aliphatic heterocycles. The molecule has 3 nitrogen and oxygen atoms in total. The minimum Gasteiger partial charge on any atom is -0.452 e. The molecule has 3 aromatic heterocycles. The molecule has 0 amide bonds. The van der Waals surface area contributed by atoms with Crippen LogP contribution in [0.25, 0.3) is 81.3 Å². The molecule has 11 rings (SSSR count). The number of benzene rings is 6. The molecule has 2 unspecified atom stereocenters. The van der Waals surface area contributed by atoms with E-state index < -0.39 is 0 Å². The molecular formula is C47H30N2OS2. The summed E-state index contributed by atoms with van der Waals surface area (Å²) in [5, 5.41) is 3.61. The van der Waals surface area contributed by atoms with E-state index in [0.29, 0.717) is 5.58 Å². The van der Waals surface area contributed by atoms with Gasteiger partial charge >= 0.3 is 0 Å². The zero-order valence-corrected chi connectivity index (χ0v) is 29.8. The van der Waals surface area contributed by atoms with Gasteiger partial charge in [-0.1, -0.05) is 115 Å². The van der Waals surface area contributed by atoms with E-state index in [1.54, 1.807) is 6.33 Å². The smallest absolute Gasteiger partial charge is 0.180 e. The lowest BCUT2D eigenvalue weighted by atomic mass is 9.76. The van der Waals surface area contributed by atoms with Crippen LogP contribution < -0.4 is 0 Å². The first-order valence-electron chi connectivity index (χ1n) is 17.6. The number of rotatable bonds is 4. The average Bonchev–Trinajstić information content (AvgIpc) is 3.86. The molecule has 0 radical (unpaired) electrons. The zero-order chi connectivity index (χ0) is 34.4. The number of thioether (sulfide) groups is 1. The molecule has 2 atom stereocenters. The van der Waals surface area contributed by atoms with Gasteiger partial charge in [0.2, 0.25) is 0 Å². The molecule has 4 heterocycles. The van der Waals surface area contributed by atoms with Crippen LogP contribution in [0.15, 0.2) is 167 Å². The lowest BCUT2D eigenvalue weighted by Gasteiger charge is -2.35. The van der Waals surface area contributed by atoms with Crippen LogP contribution in [0, 0.1) is 0 Å². The standard InChI is InChI=1S/C47H30N2OS2/c1-47-38(18-9-19-39(47)36-15-3-5-21-42(36)52-47)31-12-7-13-32(25-31)43-45-44(49-27-48-43)37-26-29(22-23-40(37)50-45)28-10-6-11-30(24-28)33-16-8-17-35-34-14-2-4-20-41(34)51-46(33)35/h2-27,38H,1H3. The van der Waals surface area contributed by atoms with Crippen molar-refractivity contribution in [2.45, 2.75) is 22.5 Å². The van der Waals surface area contributed by atoms with Crippen LogP contribution in [0.4, 0.5) is 0 Å². The van der Waals surface area contributed by atoms with Crippen LogP contribution in [-0.2, 0) is 0 Å². The highest BCUT2D eigenvalue weighted by Crippen LogP contribution is 2.60. The second kappa shape index (κ2) is 11.4. The maximum absolute atomic E-state index is 6.56. The van der Waals surface area contributed by atoms with E-state index in [2.05, 4.69) is 159 Å². The molecule has 0 saturated heterocycles. The van der Waals surface area contributed by atoms with E-state index in [-0.39, 0.29) is 10.7 Å². The fourth-order valence-electron chi connectivity index (χ4n) is 8.37. The fourth-order valence-corrected chi connectivity index (χ4v) is 11.1. The topological polar surface area (TPSA) is 38.9 Å². The van der Waals surface area contributed by atoms with Gasteiger partial charge in [-0.05, 0) is 82.3 Å². The van der Waals surface area contributed by atoms with Crippen LogP contribution in [0.1, 0.15) is 24.0 Å². The van der Waals surface area contributed by atoms with Gasteiger partial charge in [-0.25, -0.2) is 9.97 Å². The van der Waals surface area contributed by atoms with Crippen molar-refractivity contribution < 1.29 is 4.42 Å². The third kappa shape index (κ3) is 4.46. The lowest BCUT2D eigenvalue weighted by molar-refractivity contribution is 0.667. The molecule has 0 bridgehead atoms. The van der Waals surface area contributed by atoms with Crippen molar-refractivity contribution in [1.82, 2.24) is 9.97 Å². The number of nitrogens with zero attached hydrogens (tertiary/aromatic N) is 2. The minimum atomic E-state index is -0.0878. The van der Waals surface area contributed by atoms with Gasteiger partial charge in [0.1, 0.15) is 23.1 Å². The van der Waals surface area contributed by atoms with Crippen LogP contribution in [0.3, 0.4) is 0 Å². The molecule has 0 N–H and O–H groups in total. The molecule has 5 heteroatoms. The first-order chi connectivity index (χ1) is 25.6. The Labute approximate surface area is 309 Å². The Morgan fingerprint density at radius 1 is 0.654 bits per heavy atom. The van der Waals surface area contributed by atoms with Gasteiger partial charge in [0, 0.05) is 41.9 Å². The predicted molar refractivity (Wildman–Crippen MR) is 219 cm³/mol. The summed E-state index contributed by atoms with van der Waals surface area (Å²) in [6, 6.07) is 48.2. The van der Waals surface area contributed by atoms with E-state index in [1.165, 1.54) is 52.9 Å². The van der Waals surface area contributed by atoms with E-state index in [9.17, 15) is 0 Å². The predicted octanol–water partition coefficient (Wildman–Crippen LogP) is 13.3. The van der Waals surface area contributed by atoms with E-state index in [4.69, 9.17) is 14.4 Å². The van der Waals surface area contributed by atoms with Crippen molar-refractivity contribution in [3.63, 3.8) is 0 Å². The summed E-state index contributed by atoms with van der Waals surface area (Å²) in [6.07, 6.45) is 8.52. The summed E-state index contributed by atoms with van der Waals surface area (Å²) in [4.78, 5) is 10.9. The monoisotopic (exact) mass is 702 g/mol. The molecule has 1 aliphatic carbocycles. The SMILES string of the molecule is CC12Sc3ccccc3C1=CC=CC2c1cccc(-c2ncnc3c2oc2ccc(-c4cccc(-c5cccc6c5sc5ccccc56)c4)cc23)c1. The minimum absolute atomic E-state index is 0.0878. The zero-order valence-electron chi connectivity index (χ0n) is 28.2. The number of furan rings is 1. The van der Waals surface area contributed by atoms with Crippen molar-refractivity contribution in [3.05, 3.63) is 169 Å². The van der Waals surface area contributed by atoms with E-state index in [1.807, 2.05) is 23.1 Å². The van der Waals surface area contributed by atoms with E-state index in [0.717, 1.165) is 38.9 Å². The first kappa shape index (κ1) is 29.9. The van der Waals surface area contributed by atoms with Crippen LogP contribution in [0.2, 0.25) is 0 Å². The molecule has 52 heavy (non-hydrogen) atoms. The Morgan fingerprint density at radius 2 is 1.44 bits per heavy atom. The van der Waals surface area contributed by atoms with Gasteiger partial charge in [-0.3, -0.25) is 0 Å². The summed E-state index contributed by atoms with van der Waals surface area (Å²) in [5.74, 6) is 0.210. The second-order valence-corrected chi connectivity index (χ2v) is 16.4.